The molecule has 0 radical (unpaired) electrons. The van der Waals surface area contributed by atoms with Gasteiger partial charge in [0.2, 0.25) is 0 Å². The SMILES string of the molecule is CCCn1cc(C(=O)N2CCN[C@@H]3CS(=O)(=O)C[C@@H]32)c(C)n1. The Morgan fingerprint density at radius 1 is 1.45 bits per heavy atom. The fraction of sp³-hybridized carbons (Fsp3) is 0.714. The molecule has 2 aliphatic rings. The molecule has 2 atom stereocenters. The summed E-state index contributed by atoms with van der Waals surface area (Å²) in [7, 11) is -3.07. The molecule has 2 aliphatic heterocycles. The lowest BCUT2D eigenvalue weighted by atomic mass is 10.1. The maximum Gasteiger partial charge on any atom is 0.257 e. The standard InChI is InChI=1S/C14H22N4O3S/c1-3-5-17-7-11(10(2)16-17)14(19)18-6-4-15-12-8-22(20,21)9-13(12)18/h7,12-13,15H,3-6,8-9H2,1-2H3/t12-,13+/m1/s1. The van der Waals surface area contributed by atoms with Crippen LogP contribution in [0.2, 0.25) is 0 Å². The second kappa shape index (κ2) is 5.66. The van der Waals surface area contributed by atoms with Crippen LogP contribution in [0.4, 0.5) is 0 Å². The first-order valence-electron chi connectivity index (χ1n) is 7.70. The quantitative estimate of drug-likeness (QED) is 0.832. The van der Waals surface area contributed by atoms with Gasteiger partial charge in [-0.2, -0.15) is 5.10 Å². The molecule has 0 spiro atoms. The second-order valence-electron chi connectivity index (χ2n) is 6.09. The summed E-state index contributed by atoms with van der Waals surface area (Å²) in [5.41, 5.74) is 1.28. The molecule has 1 amide bonds. The van der Waals surface area contributed by atoms with Crippen molar-refractivity contribution in [2.24, 2.45) is 0 Å². The maximum absolute atomic E-state index is 12.8. The van der Waals surface area contributed by atoms with Gasteiger partial charge >= 0.3 is 0 Å². The number of fused-ring (bicyclic) bond motifs is 1. The molecular weight excluding hydrogens is 304 g/mol. The molecule has 0 aliphatic carbocycles. The summed E-state index contributed by atoms with van der Waals surface area (Å²) in [4.78, 5) is 14.6. The van der Waals surface area contributed by atoms with Crippen LogP contribution >= 0.6 is 0 Å². The molecule has 0 bridgehead atoms. The van der Waals surface area contributed by atoms with Crippen molar-refractivity contribution in [3.8, 4) is 0 Å². The van der Waals surface area contributed by atoms with Crippen molar-refractivity contribution in [2.75, 3.05) is 24.6 Å². The number of amides is 1. The summed E-state index contributed by atoms with van der Waals surface area (Å²) < 4.78 is 25.5. The lowest BCUT2D eigenvalue weighted by molar-refractivity contribution is 0.0620. The highest BCUT2D eigenvalue weighted by Crippen LogP contribution is 2.23. The van der Waals surface area contributed by atoms with Crippen LogP contribution in [-0.4, -0.2) is 65.7 Å². The number of sulfone groups is 1. The molecule has 3 heterocycles. The van der Waals surface area contributed by atoms with Crippen molar-refractivity contribution in [1.82, 2.24) is 20.0 Å². The van der Waals surface area contributed by atoms with E-state index in [-0.39, 0.29) is 29.5 Å². The molecule has 8 heteroatoms. The topological polar surface area (TPSA) is 84.3 Å². The van der Waals surface area contributed by atoms with Gasteiger partial charge in [0.05, 0.1) is 28.8 Å². The van der Waals surface area contributed by atoms with E-state index in [1.165, 1.54) is 0 Å². The Hall–Kier alpha value is -1.41. The van der Waals surface area contributed by atoms with Crippen molar-refractivity contribution in [1.29, 1.82) is 0 Å². The summed E-state index contributed by atoms with van der Waals surface area (Å²) >= 11 is 0. The Kier molecular flexibility index (Phi) is 3.98. The molecular formula is C14H22N4O3S. The van der Waals surface area contributed by atoms with Gasteiger partial charge in [-0.3, -0.25) is 9.48 Å². The van der Waals surface area contributed by atoms with Crippen LogP contribution in [0.5, 0.6) is 0 Å². The average Bonchev–Trinajstić information content (AvgIpc) is 2.96. The number of nitrogens with one attached hydrogen (secondary N) is 1. The fourth-order valence-corrected chi connectivity index (χ4v) is 5.30. The van der Waals surface area contributed by atoms with Gasteiger partial charge in [-0.15, -0.1) is 0 Å². The number of nitrogens with zero attached hydrogens (tertiary/aromatic N) is 3. The highest BCUT2D eigenvalue weighted by molar-refractivity contribution is 7.91. The Morgan fingerprint density at radius 2 is 2.23 bits per heavy atom. The number of rotatable bonds is 3. The van der Waals surface area contributed by atoms with Crippen LogP contribution in [0.3, 0.4) is 0 Å². The third-order valence-corrected chi connectivity index (χ3v) is 6.09. The maximum atomic E-state index is 12.8. The summed E-state index contributed by atoms with van der Waals surface area (Å²) in [6.07, 6.45) is 2.73. The average molecular weight is 326 g/mol. The molecule has 1 aromatic heterocycles. The first kappa shape index (κ1) is 15.5. The molecule has 1 aromatic rings. The highest BCUT2D eigenvalue weighted by atomic mass is 32.2. The molecule has 2 saturated heterocycles. The van der Waals surface area contributed by atoms with Gasteiger partial charge in [0.1, 0.15) is 0 Å². The smallest absolute Gasteiger partial charge is 0.257 e. The van der Waals surface area contributed by atoms with Gasteiger partial charge < -0.3 is 10.2 Å². The summed E-state index contributed by atoms with van der Waals surface area (Å²) in [6.45, 7) is 5.82. The first-order chi connectivity index (χ1) is 10.4. The third-order valence-electron chi connectivity index (χ3n) is 4.37. The largest absolute Gasteiger partial charge is 0.332 e. The Balaban J connectivity index is 1.85. The fourth-order valence-electron chi connectivity index (χ4n) is 3.35. The number of hydrogen-bond donors (Lipinski definition) is 1. The summed E-state index contributed by atoms with van der Waals surface area (Å²) in [5, 5.41) is 7.58. The lowest BCUT2D eigenvalue weighted by Crippen LogP contribution is -2.59. The van der Waals surface area contributed by atoms with Gasteiger partial charge in [0.15, 0.2) is 9.84 Å². The zero-order chi connectivity index (χ0) is 15.9. The molecule has 2 fully saturated rings. The van der Waals surface area contributed by atoms with Crippen molar-refractivity contribution in [3.05, 3.63) is 17.5 Å². The van der Waals surface area contributed by atoms with E-state index in [9.17, 15) is 13.2 Å². The van der Waals surface area contributed by atoms with Gasteiger partial charge in [0, 0.05) is 31.9 Å². The molecule has 0 unspecified atom stereocenters. The minimum atomic E-state index is -3.07. The molecule has 0 aromatic carbocycles. The number of carbonyl (C=O) groups is 1. The van der Waals surface area contributed by atoms with Crippen molar-refractivity contribution < 1.29 is 13.2 Å². The second-order valence-corrected chi connectivity index (χ2v) is 8.25. The molecule has 122 valence electrons. The van der Waals surface area contributed by atoms with Crippen LogP contribution in [0.25, 0.3) is 0 Å². The van der Waals surface area contributed by atoms with E-state index in [1.807, 2.05) is 6.92 Å². The van der Waals surface area contributed by atoms with Crippen molar-refractivity contribution in [3.63, 3.8) is 0 Å². The van der Waals surface area contributed by atoms with Crippen molar-refractivity contribution in [2.45, 2.75) is 38.9 Å². The van der Waals surface area contributed by atoms with Crippen LogP contribution in [0.1, 0.15) is 29.4 Å². The predicted molar refractivity (Wildman–Crippen MR) is 82.5 cm³/mol. The van der Waals surface area contributed by atoms with E-state index in [1.54, 1.807) is 15.8 Å². The van der Waals surface area contributed by atoms with E-state index < -0.39 is 9.84 Å². The Labute approximate surface area is 130 Å². The molecule has 0 saturated carbocycles. The third kappa shape index (κ3) is 2.77. The molecule has 22 heavy (non-hydrogen) atoms. The number of aromatic nitrogens is 2. The minimum Gasteiger partial charge on any atom is -0.332 e. The van der Waals surface area contributed by atoms with Crippen LogP contribution in [0.15, 0.2) is 6.20 Å². The monoisotopic (exact) mass is 326 g/mol. The van der Waals surface area contributed by atoms with Crippen LogP contribution in [0, 0.1) is 6.92 Å². The molecule has 1 N–H and O–H groups in total. The van der Waals surface area contributed by atoms with E-state index in [4.69, 9.17) is 0 Å². The van der Waals surface area contributed by atoms with Gasteiger partial charge in [-0.1, -0.05) is 6.92 Å². The summed E-state index contributed by atoms with van der Waals surface area (Å²) in [6, 6.07) is -0.408. The van der Waals surface area contributed by atoms with Crippen LogP contribution in [-0.2, 0) is 16.4 Å². The molecule has 3 rings (SSSR count). The van der Waals surface area contributed by atoms with Gasteiger partial charge in [-0.25, -0.2) is 8.42 Å². The van der Waals surface area contributed by atoms with E-state index in [0.29, 0.717) is 24.3 Å². The number of hydrogen-bond acceptors (Lipinski definition) is 5. The van der Waals surface area contributed by atoms with E-state index in [0.717, 1.165) is 13.0 Å². The van der Waals surface area contributed by atoms with Crippen LogP contribution < -0.4 is 5.32 Å². The highest BCUT2D eigenvalue weighted by Gasteiger charge is 2.45. The van der Waals surface area contributed by atoms with Gasteiger partial charge in [0.25, 0.3) is 5.91 Å². The van der Waals surface area contributed by atoms with Gasteiger partial charge in [-0.05, 0) is 13.3 Å². The number of aryl methyl sites for hydroxylation is 2. The zero-order valence-electron chi connectivity index (χ0n) is 12.9. The lowest BCUT2D eigenvalue weighted by Gasteiger charge is -2.37. The zero-order valence-corrected chi connectivity index (χ0v) is 13.8. The first-order valence-corrected chi connectivity index (χ1v) is 9.52. The number of piperazine rings is 1. The number of carbonyl (C=O) groups excluding carboxylic acids is 1. The molecule has 7 nitrogen and oxygen atoms in total. The van der Waals surface area contributed by atoms with E-state index in [2.05, 4.69) is 17.3 Å². The summed E-state index contributed by atoms with van der Waals surface area (Å²) in [5.74, 6) is 0.0714. The Morgan fingerprint density at radius 3 is 2.95 bits per heavy atom. The predicted octanol–water partition coefficient (Wildman–Crippen LogP) is -0.187. The van der Waals surface area contributed by atoms with E-state index >= 15 is 0 Å². The normalized spacial score (nSPS) is 26.9. The minimum absolute atomic E-state index is 0.0541. The Bertz CT molecular complexity index is 682. The van der Waals surface area contributed by atoms with Crippen molar-refractivity contribution >= 4 is 15.7 Å².